The Labute approximate surface area is 236 Å². The van der Waals surface area contributed by atoms with Gasteiger partial charge < -0.3 is 24.3 Å². The first-order chi connectivity index (χ1) is 19.4. The van der Waals surface area contributed by atoms with Crippen molar-refractivity contribution in [3.63, 3.8) is 0 Å². The van der Waals surface area contributed by atoms with Crippen molar-refractivity contribution < 1.29 is 38.1 Å². The maximum atomic E-state index is 13.2. The van der Waals surface area contributed by atoms with E-state index in [1.165, 1.54) is 14.0 Å². The third-order valence-electron chi connectivity index (χ3n) is 6.16. The molecule has 1 aliphatic heterocycles. The highest BCUT2D eigenvalue weighted by Crippen LogP contribution is 2.34. The summed E-state index contributed by atoms with van der Waals surface area (Å²) >= 11 is 0.876. The van der Waals surface area contributed by atoms with Crippen molar-refractivity contribution in [1.29, 1.82) is 0 Å². The van der Waals surface area contributed by atoms with Crippen LogP contribution in [-0.4, -0.2) is 66.5 Å². The number of rotatable bonds is 9. The van der Waals surface area contributed by atoms with Gasteiger partial charge in [0.1, 0.15) is 24.9 Å². The molecule has 0 bridgehead atoms. The first-order valence-electron chi connectivity index (χ1n) is 12.6. The quantitative estimate of drug-likeness (QED) is 0.387. The molecule has 0 unspecified atom stereocenters. The minimum Gasteiger partial charge on any atom is -0.459 e. The number of hydrogen-bond donors (Lipinski definition) is 1. The summed E-state index contributed by atoms with van der Waals surface area (Å²) in [4.78, 5) is 51.4. The molecular formula is C30H29NO8S. The fourth-order valence-electron chi connectivity index (χ4n) is 4.27. The Morgan fingerprint density at radius 2 is 1.32 bits per heavy atom. The predicted octanol–water partition coefficient (Wildman–Crippen LogP) is 3.89. The second kappa shape index (κ2) is 13.9. The Morgan fingerprint density at radius 1 is 0.800 bits per heavy atom. The van der Waals surface area contributed by atoms with Gasteiger partial charge in [-0.15, -0.1) is 0 Å². The van der Waals surface area contributed by atoms with Crippen LogP contribution in [0, 0.1) is 0 Å². The maximum Gasteiger partial charge on any atom is 0.338 e. The average Bonchev–Trinajstić information content (AvgIpc) is 2.99. The highest BCUT2D eigenvalue weighted by molar-refractivity contribution is 8.14. The van der Waals surface area contributed by atoms with Crippen LogP contribution < -0.4 is 5.32 Å². The summed E-state index contributed by atoms with van der Waals surface area (Å²) in [6.07, 6.45) is -3.09. The van der Waals surface area contributed by atoms with Crippen LogP contribution in [0.3, 0.4) is 0 Å². The van der Waals surface area contributed by atoms with Crippen LogP contribution in [0.1, 0.15) is 38.0 Å². The molecule has 1 heterocycles. The lowest BCUT2D eigenvalue weighted by molar-refractivity contribution is -0.221. The fraction of sp³-hybridized carbons (Fsp3) is 0.267. The number of benzene rings is 3. The second-order valence-corrected chi connectivity index (χ2v) is 10.3. The number of carbonyl (C=O) groups excluding carboxylic acids is 4. The fourth-order valence-corrected chi connectivity index (χ4v) is 5.31. The molecule has 1 fully saturated rings. The molecule has 0 aliphatic carbocycles. The van der Waals surface area contributed by atoms with Gasteiger partial charge in [0, 0.05) is 19.6 Å². The van der Waals surface area contributed by atoms with E-state index in [-0.39, 0.29) is 17.3 Å². The van der Waals surface area contributed by atoms with Crippen LogP contribution in [0.2, 0.25) is 0 Å². The Balaban J connectivity index is 1.64. The third-order valence-corrected chi connectivity index (χ3v) is 7.33. The van der Waals surface area contributed by atoms with Gasteiger partial charge in [0.25, 0.3) is 5.91 Å². The van der Waals surface area contributed by atoms with Crippen LogP contribution in [0.5, 0.6) is 0 Å². The van der Waals surface area contributed by atoms with Gasteiger partial charge >= 0.3 is 11.9 Å². The standard InChI is InChI=1S/C30H29NO8S/c1-19(32)40-26-23(18-37-28(34)21-14-8-4-9-15-21)38-30(36-2)24(31-27(33)20-12-6-3-7-13-20)25(26)39-29(35)22-16-10-5-11-17-22/h3-17,23-26,30H,18H2,1-2H3,(H,31,33)/t23-,24-,25-,26-,30+/m1/s1. The molecule has 0 radical (unpaired) electrons. The largest absolute Gasteiger partial charge is 0.459 e. The molecule has 0 saturated carbocycles. The van der Waals surface area contributed by atoms with Gasteiger partial charge in [0.15, 0.2) is 11.4 Å². The zero-order chi connectivity index (χ0) is 28.5. The van der Waals surface area contributed by atoms with E-state index in [0.717, 1.165) is 11.8 Å². The van der Waals surface area contributed by atoms with Crippen LogP contribution in [0.4, 0.5) is 0 Å². The Kier molecular flexibility index (Phi) is 10.1. The SMILES string of the molecule is CO[C@H]1O[C@H](COC(=O)c2ccccc2)[C@@H](SC(C)=O)[C@H](OC(=O)c2ccccc2)[C@H]1NC(=O)c1ccccc1. The van der Waals surface area contributed by atoms with Gasteiger partial charge in [-0.3, -0.25) is 9.59 Å². The zero-order valence-electron chi connectivity index (χ0n) is 21.9. The van der Waals surface area contributed by atoms with Crippen molar-refractivity contribution in [3.8, 4) is 0 Å². The maximum absolute atomic E-state index is 13.2. The summed E-state index contributed by atoms with van der Waals surface area (Å²) in [5.41, 5.74) is 1.01. The Morgan fingerprint density at radius 3 is 1.85 bits per heavy atom. The summed E-state index contributed by atoms with van der Waals surface area (Å²) in [5, 5.41) is 1.73. The molecular weight excluding hydrogens is 534 g/mol. The lowest BCUT2D eigenvalue weighted by atomic mass is 9.98. The van der Waals surface area contributed by atoms with Crippen molar-refractivity contribution in [3.05, 3.63) is 108 Å². The van der Waals surface area contributed by atoms with Crippen molar-refractivity contribution in [2.75, 3.05) is 13.7 Å². The van der Waals surface area contributed by atoms with Gasteiger partial charge in [-0.25, -0.2) is 9.59 Å². The molecule has 5 atom stereocenters. The van der Waals surface area contributed by atoms with E-state index in [2.05, 4.69) is 5.32 Å². The molecule has 0 spiro atoms. The molecule has 4 rings (SSSR count). The predicted molar refractivity (Wildman–Crippen MR) is 148 cm³/mol. The van der Waals surface area contributed by atoms with E-state index in [4.69, 9.17) is 18.9 Å². The first kappa shape index (κ1) is 29.0. The monoisotopic (exact) mass is 563 g/mol. The number of esters is 2. The van der Waals surface area contributed by atoms with Gasteiger partial charge in [0.05, 0.1) is 16.4 Å². The lowest BCUT2D eigenvalue weighted by Gasteiger charge is -2.45. The Hall–Kier alpha value is -3.99. The number of thioether (sulfide) groups is 1. The summed E-state index contributed by atoms with van der Waals surface area (Å²) in [6.45, 7) is 1.12. The summed E-state index contributed by atoms with van der Waals surface area (Å²) < 4.78 is 23.2. The number of nitrogens with one attached hydrogen (secondary N) is 1. The minimum absolute atomic E-state index is 0.253. The summed E-state index contributed by atoms with van der Waals surface area (Å²) in [6, 6.07) is 24.3. The minimum atomic E-state index is -1.09. The summed E-state index contributed by atoms with van der Waals surface area (Å²) in [7, 11) is 1.38. The number of ether oxygens (including phenoxy) is 4. The van der Waals surface area contributed by atoms with E-state index in [1.807, 2.05) is 0 Å². The zero-order valence-corrected chi connectivity index (χ0v) is 22.7. The van der Waals surface area contributed by atoms with Crippen molar-refractivity contribution in [2.24, 2.45) is 0 Å². The topological polar surface area (TPSA) is 117 Å². The molecule has 1 saturated heterocycles. The van der Waals surface area contributed by atoms with Crippen molar-refractivity contribution in [2.45, 2.75) is 36.7 Å². The van der Waals surface area contributed by atoms with E-state index in [0.29, 0.717) is 11.1 Å². The molecule has 208 valence electrons. The van der Waals surface area contributed by atoms with E-state index in [1.54, 1.807) is 91.0 Å². The van der Waals surface area contributed by atoms with Crippen LogP contribution in [0.15, 0.2) is 91.0 Å². The van der Waals surface area contributed by atoms with Gasteiger partial charge in [0.2, 0.25) is 0 Å². The highest BCUT2D eigenvalue weighted by Gasteiger charge is 2.50. The molecule has 9 nitrogen and oxygen atoms in total. The van der Waals surface area contributed by atoms with Crippen LogP contribution in [0.25, 0.3) is 0 Å². The Bertz CT molecular complexity index is 1310. The lowest BCUT2D eigenvalue weighted by Crippen LogP contribution is -2.65. The molecule has 0 aromatic heterocycles. The van der Waals surface area contributed by atoms with Crippen molar-refractivity contribution >= 4 is 34.7 Å². The molecule has 40 heavy (non-hydrogen) atoms. The van der Waals surface area contributed by atoms with E-state index >= 15 is 0 Å². The van der Waals surface area contributed by atoms with Crippen molar-refractivity contribution in [1.82, 2.24) is 5.32 Å². The third kappa shape index (κ3) is 7.35. The molecule has 3 aromatic rings. The van der Waals surface area contributed by atoms with Crippen LogP contribution in [-0.2, 0) is 23.7 Å². The number of carbonyl (C=O) groups is 4. The number of hydrogen-bond acceptors (Lipinski definition) is 9. The molecule has 1 amide bonds. The number of amides is 1. The van der Waals surface area contributed by atoms with E-state index < -0.39 is 47.6 Å². The number of methoxy groups -OCH3 is 1. The van der Waals surface area contributed by atoms with Gasteiger partial charge in [-0.05, 0) is 36.4 Å². The summed E-state index contributed by atoms with van der Waals surface area (Å²) in [5.74, 6) is -1.69. The molecule has 1 N–H and O–H groups in total. The molecule has 1 aliphatic rings. The molecule has 3 aromatic carbocycles. The smallest absolute Gasteiger partial charge is 0.338 e. The van der Waals surface area contributed by atoms with Gasteiger partial charge in [-0.1, -0.05) is 66.4 Å². The van der Waals surface area contributed by atoms with E-state index in [9.17, 15) is 19.2 Å². The first-order valence-corrected chi connectivity index (χ1v) is 13.4. The molecule has 10 heteroatoms. The highest BCUT2D eigenvalue weighted by atomic mass is 32.2. The normalized spacial score (nSPS) is 22.1. The van der Waals surface area contributed by atoms with Gasteiger partial charge in [-0.2, -0.15) is 0 Å². The average molecular weight is 564 g/mol. The second-order valence-electron chi connectivity index (χ2n) is 8.92. The van der Waals surface area contributed by atoms with Crippen LogP contribution >= 0.6 is 11.8 Å².